The predicted molar refractivity (Wildman–Crippen MR) is 74.6 cm³/mol. The molecule has 1 atom stereocenters. The summed E-state index contributed by atoms with van der Waals surface area (Å²) in [6.07, 6.45) is 2.86. The Hall–Kier alpha value is 0.220. The van der Waals surface area contributed by atoms with Crippen molar-refractivity contribution in [3.63, 3.8) is 0 Å². The van der Waals surface area contributed by atoms with Crippen LogP contribution in [0.1, 0.15) is 33.1 Å². The first-order chi connectivity index (χ1) is 8.02. The highest BCUT2D eigenvalue weighted by molar-refractivity contribution is 7.87. The van der Waals surface area contributed by atoms with Crippen LogP contribution in [0.5, 0.6) is 0 Å². The van der Waals surface area contributed by atoms with E-state index in [0.29, 0.717) is 32.1 Å². The zero-order valence-electron chi connectivity index (χ0n) is 10.8. The quantitative estimate of drug-likeness (QED) is 0.720. The molecule has 1 fully saturated rings. The number of hydrogen-bond donors (Lipinski definition) is 1. The molecule has 0 radical (unpaired) electrons. The Kier molecular flexibility index (Phi) is 6.26. The van der Waals surface area contributed by atoms with Gasteiger partial charge in [-0.15, -0.1) is 0 Å². The van der Waals surface area contributed by atoms with E-state index in [9.17, 15) is 8.42 Å². The van der Waals surface area contributed by atoms with Gasteiger partial charge in [-0.2, -0.15) is 29.7 Å². The highest BCUT2D eigenvalue weighted by Gasteiger charge is 2.35. The second-order valence-electron chi connectivity index (χ2n) is 4.71. The Morgan fingerprint density at radius 1 is 1.18 bits per heavy atom. The summed E-state index contributed by atoms with van der Waals surface area (Å²) >= 11 is 4.20. The van der Waals surface area contributed by atoms with Crippen LogP contribution in [-0.4, -0.2) is 49.0 Å². The average molecular weight is 280 g/mol. The van der Waals surface area contributed by atoms with Crippen LogP contribution in [0.15, 0.2) is 0 Å². The van der Waals surface area contributed by atoms with Crippen molar-refractivity contribution in [3.05, 3.63) is 0 Å². The molecule has 0 aromatic heterocycles. The van der Waals surface area contributed by atoms with E-state index in [1.807, 2.05) is 6.92 Å². The molecule has 0 saturated carbocycles. The fraction of sp³-hybridized carbons (Fsp3) is 1.00. The summed E-state index contributed by atoms with van der Waals surface area (Å²) in [7, 11) is -3.15. The van der Waals surface area contributed by atoms with Gasteiger partial charge in [0.05, 0.1) is 0 Å². The maximum Gasteiger partial charge on any atom is 0.282 e. The van der Waals surface area contributed by atoms with Crippen molar-refractivity contribution in [1.82, 2.24) is 8.61 Å². The zero-order valence-corrected chi connectivity index (χ0v) is 12.5. The summed E-state index contributed by atoms with van der Waals surface area (Å²) in [6, 6.07) is 0. The summed E-state index contributed by atoms with van der Waals surface area (Å²) in [6.45, 7) is 6.76. The average Bonchev–Trinajstić information content (AvgIpc) is 2.53. The smallest absolute Gasteiger partial charge is 0.195 e. The first kappa shape index (κ1) is 15.3. The van der Waals surface area contributed by atoms with E-state index >= 15 is 0 Å². The largest absolute Gasteiger partial charge is 0.282 e. The van der Waals surface area contributed by atoms with Gasteiger partial charge in [0.25, 0.3) is 10.2 Å². The van der Waals surface area contributed by atoms with Gasteiger partial charge in [0.1, 0.15) is 0 Å². The van der Waals surface area contributed by atoms with Gasteiger partial charge in [0.2, 0.25) is 0 Å². The van der Waals surface area contributed by atoms with Crippen molar-refractivity contribution in [2.45, 2.75) is 33.1 Å². The van der Waals surface area contributed by atoms with Crippen molar-refractivity contribution in [2.24, 2.45) is 5.92 Å². The maximum absolute atomic E-state index is 12.1. The van der Waals surface area contributed by atoms with Crippen LogP contribution in [0.4, 0.5) is 0 Å². The Morgan fingerprint density at radius 2 is 1.76 bits per heavy atom. The van der Waals surface area contributed by atoms with Crippen molar-refractivity contribution >= 4 is 22.8 Å². The molecule has 1 aliphatic rings. The van der Waals surface area contributed by atoms with Gasteiger partial charge < -0.3 is 0 Å². The normalized spacial score (nSPS) is 23.0. The minimum atomic E-state index is -3.15. The fourth-order valence-electron chi connectivity index (χ4n) is 2.05. The van der Waals surface area contributed by atoms with Crippen LogP contribution in [0.3, 0.4) is 0 Å². The van der Waals surface area contributed by atoms with Crippen LogP contribution in [-0.2, 0) is 10.2 Å². The summed E-state index contributed by atoms with van der Waals surface area (Å²) in [5.41, 5.74) is 0. The molecule has 17 heavy (non-hydrogen) atoms. The minimum Gasteiger partial charge on any atom is -0.195 e. The lowest BCUT2D eigenvalue weighted by Gasteiger charge is -2.19. The molecule has 102 valence electrons. The number of hydrogen-bond acceptors (Lipinski definition) is 3. The lowest BCUT2D eigenvalue weighted by molar-refractivity contribution is 0.394. The predicted octanol–water partition coefficient (Wildman–Crippen LogP) is 1.60. The van der Waals surface area contributed by atoms with Gasteiger partial charge in [-0.05, 0) is 30.9 Å². The van der Waals surface area contributed by atoms with E-state index < -0.39 is 10.2 Å². The molecule has 0 spiro atoms. The molecular formula is C11H24N2O2S2. The molecule has 1 heterocycles. The second-order valence-corrected chi connectivity index (χ2v) is 7.09. The third-order valence-corrected chi connectivity index (χ3v) is 5.51. The molecule has 1 rings (SSSR count). The molecule has 0 aromatic rings. The van der Waals surface area contributed by atoms with Crippen molar-refractivity contribution in [1.29, 1.82) is 0 Å². The molecule has 0 N–H and O–H groups in total. The Bertz CT molecular complexity index is 319. The molecule has 0 aromatic carbocycles. The number of nitrogens with zero attached hydrogens (tertiary/aromatic N) is 2. The van der Waals surface area contributed by atoms with Crippen LogP contribution in [0.2, 0.25) is 0 Å². The monoisotopic (exact) mass is 280 g/mol. The maximum atomic E-state index is 12.1. The van der Waals surface area contributed by atoms with Crippen molar-refractivity contribution in [3.8, 4) is 0 Å². The van der Waals surface area contributed by atoms with E-state index in [-0.39, 0.29) is 0 Å². The zero-order chi connectivity index (χ0) is 12.9. The molecule has 1 saturated heterocycles. The first-order valence-corrected chi connectivity index (χ1v) is 8.41. The first-order valence-electron chi connectivity index (χ1n) is 6.38. The van der Waals surface area contributed by atoms with Crippen LogP contribution in [0.25, 0.3) is 0 Å². The van der Waals surface area contributed by atoms with E-state index in [4.69, 9.17) is 0 Å². The van der Waals surface area contributed by atoms with Gasteiger partial charge in [-0.1, -0.05) is 13.8 Å². The standard InChI is InChI=1S/C11H24N2O2S2/c1-3-6-12-8-9-13(17(12,14)15)7-4-11(2)5-10-16/h11,16H,3-10H2,1-2H3. The summed E-state index contributed by atoms with van der Waals surface area (Å²) in [5, 5.41) is 0. The molecule has 1 aliphatic heterocycles. The SMILES string of the molecule is CCCN1CCN(CCC(C)CCS)S1(=O)=O. The number of rotatable bonds is 7. The molecule has 0 amide bonds. The summed E-state index contributed by atoms with van der Waals surface area (Å²) in [4.78, 5) is 0. The Labute approximate surface area is 111 Å². The van der Waals surface area contributed by atoms with Gasteiger partial charge in [-0.3, -0.25) is 0 Å². The molecule has 4 nitrogen and oxygen atoms in total. The van der Waals surface area contributed by atoms with Crippen LogP contribution >= 0.6 is 12.6 Å². The fourth-order valence-corrected chi connectivity index (χ4v) is 4.19. The summed E-state index contributed by atoms with van der Waals surface area (Å²) < 4.78 is 27.4. The minimum absolute atomic E-state index is 0.544. The lowest BCUT2D eigenvalue weighted by atomic mass is 10.1. The number of thiol groups is 1. The highest BCUT2D eigenvalue weighted by atomic mass is 32.2. The third kappa shape index (κ3) is 4.12. The van der Waals surface area contributed by atoms with E-state index in [2.05, 4.69) is 19.6 Å². The van der Waals surface area contributed by atoms with Crippen LogP contribution in [0, 0.1) is 5.92 Å². The Balaban J connectivity index is 2.45. The second kappa shape index (κ2) is 6.97. The molecule has 0 bridgehead atoms. The van der Waals surface area contributed by atoms with E-state index in [1.54, 1.807) is 8.61 Å². The van der Waals surface area contributed by atoms with Gasteiger partial charge >= 0.3 is 0 Å². The molecular weight excluding hydrogens is 256 g/mol. The van der Waals surface area contributed by atoms with Gasteiger partial charge in [-0.25, -0.2) is 0 Å². The van der Waals surface area contributed by atoms with Crippen molar-refractivity contribution in [2.75, 3.05) is 31.9 Å². The third-order valence-electron chi connectivity index (χ3n) is 3.22. The van der Waals surface area contributed by atoms with E-state index in [0.717, 1.165) is 25.0 Å². The topological polar surface area (TPSA) is 40.6 Å². The van der Waals surface area contributed by atoms with Crippen LogP contribution < -0.4 is 0 Å². The molecule has 0 aliphatic carbocycles. The summed E-state index contributed by atoms with van der Waals surface area (Å²) in [5.74, 6) is 1.42. The lowest BCUT2D eigenvalue weighted by Crippen LogP contribution is -2.34. The Morgan fingerprint density at radius 3 is 2.29 bits per heavy atom. The van der Waals surface area contributed by atoms with Gasteiger partial charge in [0, 0.05) is 26.2 Å². The highest BCUT2D eigenvalue weighted by Crippen LogP contribution is 2.19. The van der Waals surface area contributed by atoms with Crippen molar-refractivity contribution < 1.29 is 8.42 Å². The van der Waals surface area contributed by atoms with E-state index in [1.165, 1.54) is 0 Å². The van der Waals surface area contributed by atoms with Gasteiger partial charge in [0.15, 0.2) is 0 Å². The molecule has 6 heteroatoms. The molecule has 1 unspecified atom stereocenters.